The molecule has 0 atom stereocenters. The Morgan fingerprint density at radius 2 is 1.88 bits per heavy atom. The minimum Gasteiger partial charge on any atom is -0.359 e. The SMILES string of the molecule is CN=C(NCC(C)C)NCC(C)(C)C(=O)NC. The molecule has 0 saturated heterocycles. The Hall–Kier alpha value is -1.26. The average molecular weight is 242 g/mol. The van der Waals surface area contributed by atoms with Crippen LogP contribution in [0.5, 0.6) is 0 Å². The maximum absolute atomic E-state index is 11.6. The van der Waals surface area contributed by atoms with Crippen LogP contribution < -0.4 is 16.0 Å². The quantitative estimate of drug-likeness (QED) is 0.488. The molecule has 0 heterocycles. The number of carbonyl (C=O) groups excluding carboxylic acids is 1. The summed E-state index contributed by atoms with van der Waals surface area (Å²) in [6, 6.07) is 0. The Morgan fingerprint density at radius 1 is 1.29 bits per heavy atom. The van der Waals surface area contributed by atoms with E-state index in [2.05, 4.69) is 34.8 Å². The topological polar surface area (TPSA) is 65.5 Å². The van der Waals surface area contributed by atoms with Gasteiger partial charge in [0, 0.05) is 27.2 Å². The third kappa shape index (κ3) is 6.14. The molecule has 100 valence electrons. The molecule has 0 aromatic rings. The van der Waals surface area contributed by atoms with E-state index in [1.54, 1.807) is 14.1 Å². The van der Waals surface area contributed by atoms with Crippen LogP contribution in [0.25, 0.3) is 0 Å². The van der Waals surface area contributed by atoms with E-state index in [1.165, 1.54) is 0 Å². The summed E-state index contributed by atoms with van der Waals surface area (Å²) in [4.78, 5) is 15.7. The Labute approximate surface area is 104 Å². The third-order valence-electron chi connectivity index (χ3n) is 2.44. The molecular weight excluding hydrogens is 216 g/mol. The highest BCUT2D eigenvalue weighted by Crippen LogP contribution is 2.12. The molecule has 0 radical (unpaired) electrons. The second-order valence-corrected chi connectivity index (χ2v) is 5.16. The van der Waals surface area contributed by atoms with Gasteiger partial charge < -0.3 is 16.0 Å². The number of guanidine groups is 1. The third-order valence-corrected chi connectivity index (χ3v) is 2.44. The summed E-state index contributed by atoms with van der Waals surface area (Å²) in [6.45, 7) is 9.47. The summed E-state index contributed by atoms with van der Waals surface area (Å²) in [5, 5.41) is 9.02. The zero-order chi connectivity index (χ0) is 13.5. The fraction of sp³-hybridized carbons (Fsp3) is 0.833. The van der Waals surface area contributed by atoms with E-state index in [4.69, 9.17) is 0 Å². The van der Waals surface area contributed by atoms with E-state index in [-0.39, 0.29) is 5.91 Å². The van der Waals surface area contributed by atoms with Gasteiger partial charge in [-0.05, 0) is 19.8 Å². The van der Waals surface area contributed by atoms with Crippen LogP contribution in [0.15, 0.2) is 4.99 Å². The van der Waals surface area contributed by atoms with Gasteiger partial charge in [-0.1, -0.05) is 13.8 Å². The summed E-state index contributed by atoms with van der Waals surface area (Å²) >= 11 is 0. The van der Waals surface area contributed by atoms with Crippen molar-refractivity contribution in [3.63, 3.8) is 0 Å². The van der Waals surface area contributed by atoms with Gasteiger partial charge in [0.2, 0.25) is 5.91 Å². The molecule has 5 heteroatoms. The first kappa shape index (κ1) is 15.7. The highest BCUT2D eigenvalue weighted by molar-refractivity contribution is 5.84. The van der Waals surface area contributed by atoms with Crippen molar-refractivity contribution in [3.05, 3.63) is 0 Å². The summed E-state index contributed by atoms with van der Waals surface area (Å²) in [5.74, 6) is 1.31. The van der Waals surface area contributed by atoms with Gasteiger partial charge in [-0.25, -0.2) is 0 Å². The minimum absolute atomic E-state index is 0.0179. The van der Waals surface area contributed by atoms with Crippen molar-refractivity contribution in [2.45, 2.75) is 27.7 Å². The van der Waals surface area contributed by atoms with Crippen molar-refractivity contribution >= 4 is 11.9 Å². The molecule has 0 aliphatic rings. The van der Waals surface area contributed by atoms with Crippen molar-refractivity contribution < 1.29 is 4.79 Å². The molecule has 1 amide bonds. The van der Waals surface area contributed by atoms with Gasteiger partial charge in [-0.3, -0.25) is 9.79 Å². The van der Waals surface area contributed by atoms with Gasteiger partial charge in [0.1, 0.15) is 0 Å². The lowest BCUT2D eigenvalue weighted by Crippen LogP contribution is -2.47. The normalized spacial score (nSPS) is 12.5. The van der Waals surface area contributed by atoms with Crippen molar-refractivity contribution in [1.82, 2.24) is 16.0 Å². The van der Waals surface area contributed by atoms with Gasteiger partial charge in [0.05, 0.1) is 5.41 Å². The van der Waals surface area contributed by atoms with Crippen molar-refractivity contribution in [1.29, 1.82) is 0 Å². The number of nitrogens with one attached hydrogen (secondary N) is 3. The number of aliphatic imine (C=N–C) groups is 1. The zero-order valence-electron chi connectivity index (χ0n) is 11.8. The summed E-state index contributed by atoms with van der Waals surface area (Å²) in [6.07, 6.45) is 0. The molecule has 0 spiro atoms. The van der Waals surface area contributed by atoms with Crippen LogP contribution >= 0.6 is 0 Å². The van der Waals surface area contributed by atoms with E-state index < -0.39 is 5.41 Å². The van der Waals surface area contributed by atoms with E-state index in [0.717, 1.165) is 12.5 Å². The van der Waals surface area contributed by atoms with Crippen LogP contribution in [0.3, 0.4) is 0 Å². The molecule has 5 nitrogen and oxygen atoms in total. The Kier molecular flexibility index (Phi) is 6.61. The second-order valence-electron chi connectivity index (χ2n) is 5.16. The smallest absolute Gasteiger partial charge is 0.227 e. The fourth-order valence-corrected chi connectivity index (χ4v) is 1.24. The standard InChI is InChI=1S/C12H26N4O/c1-9(2)7-15-11(14-6)16-8-12(3,4)10(17)13-5/h9H,7-8H2,1-6H3,(H,13,17)(H2,14,15,16). The minimum atomic E-state index is -0.454. The molecule has 0 unspecified atom stereocenters. The highest BCUT2D eigenvalue weighted by Gasteiger charge is 2.26. The Balaban J connectivity index is 4.20. The number of nitrogens with zero attached hydrogens (tertiary/aromatic N) is 1. The predicted octanol–water partition coefficient (Wildman–Crippen LogP) is 0.580. The molecule has 3 N–H and O–H groups in total. The van der Waals surface area contributed by atoms with E-state index >= 15 is 0 Å². The molecule has 0 aromatic heterocycles. The number of carbonyl (C=O) groups is 1. The molecule has 0 aliphatic carbocycles. The Morgan fingerprint density at radius 3 is 2.29 bits per heavy atom. The summed E-state index contributed by atoms with van der Waals surface area (Å²) in [7, 11) is 3.37. The molecule has 0 rings (SSSR count). The van der Waals surface area contributed by atoms with E-state index in [0.29, 0.717) is 12.5 Å². The van der Waals surface area contributed by atoms with Crippen molar-refractivity contribution in [2.75, 3.05) is 27.2 Å². The molecule has 0 aromatic carbocycles. The first-order valence-corrected chi connectivity index (χ1v) is 6.00. The molecule has 0 bridgehead atoms. The van der Waals surface area contributed by atoms with Crippen LogP contribution in [0.4, 0.5) is 0 Å². The number of amides is 1. The van der Waals surface area contributed by atoms with Gasteiger partial charge in [0.15, 0.2) is 5.96 Å². The summed E-state index contributed by atoms with van der Waals surface area (Å²) in [5.41, 5.74) is -0.454. The second kappa shape index (κ2) is 7.14. The largest absolute Gasteiger partial charge is 0.359 e. The van der Waals surface area contributed by atoms with E-state index in [9.17, 15) is 4.79 Å². The first-order valence-electron chi connectivity index (χ1n) is 6.00. The fourth-order valence-electron chi connectivity index (χ4n) is 1.24. The molecule has 0 aliphatic heterocycles. The lowest BCUT2D eigenvalue weighted by molar-refractivity contribution is -0.128. The predicted molar refractivity (Wildman–Crippen MR) is 72.1 cm³/mol. The monoisotopic (exact) mass is 242 g/mol. The number of rotatable bonds is 5. The van der Waals surface area contributed by atoms with Gasteiger partial charge in [-0.2, -0.15) is 0 Å². The average Bonchev–Trinajstić information content (AvgIpc) is 2.27. The van der Waals surface area contributed by atoms with Crippen LogP contribution in [-0.4, -0.2) is 39.1 Å². The zero-order valence-corrected chi connectivity index (χ0v) is 11.8. The lowest BCUT2D eigenvalue weighted by Gasteiger charge is -2.24. The number of hydrogen-bond donors (Lipinski definition) is 3. The lowest BCUT2D eigenvalue weighted by atomic mass is 9.92. The molecule has 0 fully saturated rings. The highest BCUT2D eigenvalue weighted by atomic mass is 16.2. The van der Waals surface area contributed by atoms with Crippen LogP contribution in [0.1, 0.15) is 27.7 Å². The number of hydrogen-bond acceptors (Lipinski definition) is 2. The first-order chi connectivity index (χ1) is 7.83. The van der Waals surface area contributed by atoms with Gasteiger partial charge in [0.25, 0.3) is 0 Å². The van der Waals surface area contributed by atoms with Crippen molar-refractivity contribution in [3.8, 4) is 0 Å². The molecule has 17 heavy (non-hydrogen) atoms. The van der Waals surface area contributed by atoms with Crippen LogP contribution in [-0.2, 0) is 4.79 Å². The maximum Gasteiger partial charge on any atom is 0.227 e. The summed E-state index contributed by atoms with van der Waals surface area (Å²) < 4.78 is 0. The Bertz CT molecular complexity index is 272. The van der Waals surface area contributed by atoms with Crippen molar-refractivity contribution in [2.24, 2.45) is 16.3 Å². The van der Waals surface area contributed by atoms with Gasteiger partial charge >= 0.3 is 0 Å². The molecular formula is C12H26N4O. The maximum atomic E-state index is 11.6. The molecule has 0 saturated carbocycles. The van der Waals surface area contributed by atoms with Crippen LogP contribution in [0, 0.1) is 11.3 Å². The van der Waals surface area contributed by atoms with Gasteiger partial charge in [-0.15, -0.1) is 0 Å². The van der Waals surface area contributed by atoms with E-state index in [1.807, 2.05) is 13.8 Å². The van der Waals surface area contributed by atoms with Crippen LogP contribution in [0.2, 0.25) is 0 Å².